The van der Waals surface area contributed by atoms with Gasteiger partial charge >= 0.3 is 0 Å². The summed E-state index contributed by atoms with van der Waals surface area (Å²) in [6.07, 6.45) is 1.85. The second-order valence-corrected chi connectivity index (χ2v) is 4.04. The van der Waals surface area contributed by atoms with Crippen LogP contribution in [0.4, 0.5) is 0 Å². The number of nitrogens with zero attached hydrogens (tertiary/aromatic N) is 4. The van der Waals surface area contributed by atoms with Gasteiger partial charge in [-0.3, -0.25) is 4.90 Å². The molecule has 1 saturated heterocycles. The predicted molar refractivity (Wildman–Crippen MR) is 54.9 cm³/mol. The minimum atomic E-state index is -0.533. The van der Waals surface area contributed by atoms with Crippen LogP contribution in [0.1, 0.15) is 26.7 Å². The molecule has 2 unspecified atom stereocenters. The van der Waals surface area contributed by atoms with Crippen LogP contribution in [0.25, 0.3) is 10.4 Å². The highest BCUT2D eigenvalue weighted by Gasteiger charge is 2.28. The fourth-order valence-corrected chi connectivity index (χ4v) is 2.04. The zero-order chi connectivity index (χ0) is 10.6. The standard InChI is InChI=1S/C9H18N4O/c1-7-3-4-8(2)13(7)6-9(14)5-11-12-10/h7-9,14H,3-6H2,1-2H3/t7?,8?,9-/m0/s1. The Morgan fingerprint density at radius 2 is 2.07 bits per heavy atom. The number of hydrogen-bond acceptors (Lipinski definition) is 3. The lowest BCUT2D eigenvalue weighted by Gasteiger charge is -2.27. The summed E-state index contributed by atoms with van der Waals surface area (Å²) in [5.74, 6) is 0. The first-order chi connectivity index (χ1) is 6.65. The van der Waals surface area contributed by atoms with Crippen molar-refractivity contribution in [2.45, 2.75) is 44.9 Å². The smallest absolute Gasteiger partial charge is 0.0723 e. The molecular formula is C9H18N4O. The third-order valence-electron chi connectivity index (χ3n) is 2.91. The Balaban J connectivity index is 2.38. The van der Waals surface area contributed by atoms with Crippen molar-refractivity contribution in [3.63, 3.8) is 0 Å². The number of hydrogen-bond donors (Lipinski definition) is 1. The average molecular weight is 198 g/mol. The lowest BCUT2D eigenvalue weighted by Crippen LogP contribution is -2.39. The molecule has 1 aliphatic rings. The van der Waals surface area contributed by atoms with Crippen molar-refractivity contribution in [1.29, 1.82) is 0 Å². The highest BCUT2D eigenvalue weighted by atomic mass is 16.3. The molecule has 14 heavy (non-hydrogen) atoms. The maximum atomic E-state index is 9.57. The molecule has 0 aromatic rings. The van der Waals surface area contributed by atoms with Crippen LogP contribution in [0.2, 0.25) is 0 Å². The SMILES string of the molecule is CC1CCC(C)N1C[C@@H](O)CN=[N+]=[N-]. The molecule has 3 atom stereocenters. The minimum Gasteiger partial charge on any atom is -0.392 e. The lowest BCUT2D eigenvalue weighted by molar-refractivity contribution is 0.0965. The lowest BCUT2D eigenvalue weighted by atomic mass is 10.2. The van der Waals surface area contributed by atoms with E-state index in [2.05, 4.69) is 28.8 Å². The molecule has 0 bridgehead atoms. The first kappa shape index (κ1) is 11.3. The summed E-state index contributed by atoms with van der Waals surface area (Å²) in [7, 11) is 0. The molecule has 1 N–H and O–H groups in total. The van der Waals surface area contributed by atoms with Crippen LogP contribution < -0.4 is 0 Å². The largest absolute Gasteiger partial charge is 0.392 e. The molecule has 1 heterocycles. The normalized spacial score (nSPS) is 29.9. The van der Waals surface area contributed by atoms with Gasteiger partial charge in [0.2, 0.25) is 0 Å². The number of likely N-dealkylation sites (tertiary alicyclic amines) is 1. The Morgan fingerprint density at radius 3 is 2.57 bits per heavy atom. The number of aliphatic hydroxyl groups is 1. The summed E-state index contributed by atoms with van der Waals surface area (Å²) < 4.78 is 0. The van der Waals surface area contributed by atoms with Gasteiger partial charge in [-0.25, -0.2) is 0 Å². The second kappa shape index (κ2) is 5.20. The molecule has 1 rings (SSSR count). The molecule has 0 saturated carbocycles. The Kier molecular flexibility index (Phi) is 4.20. The van der Waals surface area contributed by atoms with Crippen LogP contribution in [-0.2, 0) is 0 Å². The van der Waals surface area contributed by atoms with E-state index in [0.717, 1.165) is 0 Å². The summed E-state index contributed by atoms with van der Waals surface area (Å²) in [6.45, 7) is 5.13. The van der Waals surface area contributed by atoms with Crippen molar-refractivity contribution in [2.75, 3.05) is 13.1 Å². The van der Waals surface area contributed by atoms with Gasteiger partial charge in [-0.15, -0.1) is 0 Å². The third-order valence-corrected chi connectivity index (χ3v) is 2.91. The minimum absolute atomic E-state index is 0.173. The molecule has 1 fully saturated rings. The first-order valence-corrected chi connectivity index (χ1v) is 5.09. The van der Waals surface area contributed by atoms with Gasteiger partial charge in [0, 0.05) is 23.5 Å². The van der Waals surface area contributed by atoms with E-state index in [1.807, 2.05) is 0 Å². The maximum absolute atomic E-state index is 9.57. The summed E-state index contributed by atoms with van der Waals surface area (Å²) in [5, 5.41) is 12.9. The number of β-amino-alcohol motifs (C(OH)–C–C–N with tert-alkyl or cyclic N) is 1. The quantitative estimate of drug-likeness (QED) is 0.422. The zero-order valence-electron chi connectivity index (χ0n) is 8.80. The van der Waals surface area contributed by atoms with Gasteiger partial charge in [0.15, 0.2) is 0 Å². The van der Waals surface area contributed by atoms with Crippen molar-refractivity contribution in [3.05, 3.63) is 10.4 Å². The van der Waals surface area contributed by atoms with Crippen molar-refractivity contribution in [2.24, 2.45) is 5.11 Å². The molecule has 0 spiro atoms. The van der Waals surface area contributed by atoms with Crippen LogP contribution in [0.3, 0.4) is 0 Å². The van der Waals surface area contributed by atoms with Crippen molar-refractivity contribution in [1.82, 2.24) is 4.90 Å². The van der Waals surface area contributed by atoms with Crippen LogP contribution in [0.15, 0.2) is 5.11 Å². The molecule has 0 aromatic heterocycles. The van der Waals surface area contributed by atoms with E-state index in [9.17, 15) is 5.11 Å². The highest BCUT2D eigenvalue weighted by Crippen LogP contribution is 2.23. The van der Waals surface area contributed by atoms with Gasteiger partial charge in [-0.2, -0.15) is 0 Å². The third kappa shape index (κ3) is 2.87. The number of aliphatic hydroxyl groups excluding tert-OH is 1. The fraction of sp³-hybridized carbons (Fsp3) is 1.00. The Labute approximate surface area is 84.3 Å². The Morgan fingerprint density at radius 1 is 1.50 bits per heavy atom. The van der Waals surface area contributed by atoms with E-state index in [0.29, 0.717) is 18.6 Å². The van der Waals surface area contributed by atoms with Gasteiger partial charge in [0.05, 0.1) is 12.6 Å². The molecule has 5 nitrogen and oxygen atoms in total. The molecule has 0 amide bonds. The van der Waals surface area contributed by atoms with Crippen molar-refractivity contribution >= 4 is 0 Å². The van der Waals surface area contributed by atoms with Crippen molar-refractivity contribution < 1.29 is 5.11 Å². The van der Waals surface area contributed by atoms with Gasteiger partial charge in [0.25, 0.3) is 0 Å². The molecule has 0 radical (unpaired) electrons. The van der Waals surface area contributed by atoms with E-state index in [1.165, 1.54) is 12.8 Å². The fourth-order valence-electron chi connectivity index (χ4n) is 2.04. The number of azide groups is 1. The predicted octanol–water partition coefficient (Wildman–Crippen LogP) is 1.53. The van der Waals surface area contributed by atoms with E-state index in [4.69, 9.17) is 5.53 Å². The Hall–Kier alpha value is -0.770. The summed E-state index contributed by atoms with van der Waals surface area (Å²) in [4.78, 5) is 4.91. The topological polar surface area (TPSA) is 72.2 Å². The summed E-state index contributed by atoms with van der Waals surface area (Å²) in [6, 6.07) is 1.07. The van der Waals surface area contributed by atoms with Crippen LogP contribution in [0, 0.1) is 0 Å². The Bertz CT molecular complexity index is 217. The molecule has 5 heteroatoms. The summed E-state index contributed by atoms with van der Waals surface area (Å²) >= 11 is 0. The molecule has 0 aromatic carbocycles. The monoisotopic (exact) mass is 198 g/mol. The van der Waals surface area contributed by atoms with Gasteiger partial charge < -0.3 is 5.11 Å². The van der Waals surface area contributed by atoms with Crippen LogP contribution >= 0.6 is 0 Å². The average Bonchev–Trinajstić information content (AvgIpc) is 2.46. The molecular weight excluding hydrogens is 180 g/mol. The molecule has 80 valence electrons. The molecule has 1 aliphatic heterocycles. The highest BCUT2D eigenvalue weighted by molar-refractivity contribution is 4.84. The van der Waals surface area contributed by atoms with Gasteiger partial charge in [0.1, 0.15) is 0 Å². The molecule has 0 aliphatic carbocycles. The second-order valence-electron chi connectivity index (χ2n) is 4.04. The zero-order valence-corrected chi connectivity index (χ0v) is 8.80. The van der Waals surface area contributed by atoms with E-state index in [1.54, 1.807) is 0 Å². The van der Waals surface area contributed by atoms with Crippen LogP contribution in [-0.4, -0.2) is 41.3 Å². The van der Waals surface area contributed by atoms with E-state index >= 15 is 0 Å². The van der Waals surface area contributed by atoms with Gasteiger partial charge in [-0.05, 0) is 32.2 Å². The first-order valence-electron chi connectivity index (χ1n) is 5.09. The summed E-state index contributed by atoms with van der Waals surface area (Å²) in [5.41, 5.74) is 8.11. The van der Waals surface area contributed by atoms with E-state index < -0.39 is 6.10 Å². The van der Waals surface area contributed by atoms with Crippen LogP contribution in [0.5, 0.6) is 0 Å². The van der Waals surface area contributed by atoms with Crippen molar-refractivity contribution in [3.8, 4) is 0 Å². The maximum Gasteiger partial charge on any atom is 0.0723 e. The van der Waals surface area contributed by atoms with E-state index in [-0.39, 0.29) is 6.54 Å². The van der Waals surface area contributed by atoms with Gasteiger partial charge in [-0.1, -0.05) is 5.11 Å². The number of rotatable bonds is 4.